The van der Waals surface area contributed by atoms with E-state index in [0.717, 1.165) is 20.8 Å². The van der Waals surface area contributed by atoms with E-state index < -0.39 is 5.84 Å². The van der Waals surface area contributed by atoms with Gasteiger partial charge in [-0.1, -0.05) is 0 Å². The largest absolute Gasteiger partial charge is 0.382 e. The molecule has 0 amide bonds. The number of rotatable bonds is 4. The van der Waals surface area contributed by atoms with Crippen molar-refractivity contribution in [1.82, 2.24) is 4.98 Å². The van der Waals surface area contributed by atoms with Crippen LogP contribution in [-0.4, -0.2) is 16.5 Å². The molecule has 3 aromatic rings. The van der Waals surface area contributed by atoms with Gasteiger partial charge in [-0.25, -0.2) is 9.37 Å². The summed E-state index contributed by atoms with van der Waals surface area (Å²) < 4.78 is 14.0. The van der Waals surface area contributed by atoms with Crippen molar-refractivity contribution >= 4 is 38.8 Å². The number of nitrogens with two attached hydrogens (primary N) is 1. The Labute approximate surface area is 140 Å². The Morgan fingerprint density at radius 1 is 1.29 bits per heavy atom. The van der Waals surface area contributed by atoms with Gasteiger partial charge >= 0.3 is 0 Å². The maximum absolute atomic E-state index is 13.2. The van der Waals surface area contributed by atoms with Crippen molar-refractivity contribution in [3.63, 3.8) is 0 Å². The molecule has 0 unspecified atom stereocenters. The van der Waals surface area contributed by atoms with Crippen molar-refractivity contribution < 1.29 is 4.39 Å². The van der Waals surface area contributed by atoms with Gasteiger partial charge in [-0.3, -0.25) is 10.8 Å². The van der Waals surface area contributed by atoms with Gasteiger partial charge < -0.3 is 5.73 Å². The molecule has 1 heterocycles. The lowest BCUT2D eigenvalue weighted by Crippen LogP contribution is -2.21. The number of amidine groups is 1. The average Bonchev–Trinajstić information content (AvgIpc) is 2.98. The average molecular weight is 338 g/mol. The quantitative estimate of drug-likeness (QED) is 0.385. The van der Waals surface area contributed by atoms with Crippen LogP contribution >= 0.6 is 11.3 Å². The van der Waals surface area contributed by atoms with E-state index in [0.29, 0.717) is 5.69 Å². The molecule has 0 spiro atoms. The van der Waals surface area contributed by atoms with Crippen LogP contribution in [0.4, 0.5) is 10.1 Å². The molecule has 24 heavy (non-hydrogen) atoms. The van der Waals surface area contributed by atoms with Crippen LogP contribution in [0.15, 0.2) is 47.6 Å². The van der Waals surface area contributed by atoms with Crippen LogP contribution in [0.25, 0.3) is 20.8 Å². The third-order valence-electron chi connectivity index (χ3n) is 3.14. The molecule has 118 valence electrons. The predicted molar refractivity (Wildman–Crippen MR) is 93.6 cm³/mol. The number of aromatic nitrogens is 1. The van der Waals surface area contributed by atoms with Gasteiger partial charge in [0, 0.05) is 5.56 Å². The topological polar surface area (TPSA) is 111 Å². The highest BCUT2D eigenvalue weighted by Gasteiger charge is 2.07. The number of benzene rings is 2. The molecule has 4 N–H and O–H groups in total. The van der Waals surface area contributed by atoms with Gasteiger partial charge in [0.25, 0.3) is 0 Å². The minimum absolute atomic E-state index is 0.188. The molecule has 0 saturated carbocycles. The molecule has 0 aliphatic heterocycles. The lowest BCUT2D eigenvalue weighted by Gasteiger charge is -2.02. The van der Waals surface area contributed by atoms with Gasteiger partial charge in [-0.15, -0.1) is 11.3 Å². The first-order valence-corrected chi connectivity index (χ1v) is 7.63. The second-order valence-corrected chi connectivity index (χ2v) is 5.84. The number of fused-ring (bicyclic) bond motifs is 1. The summed E-state index contributed by atoms with van der Waals surface area (Å²) in [5, 5.41) is 20.5. The lowest BCUT2D eigenvalue weighted by molar-refractivity contribution is 0.630. The van der Waals surface area contributed by atoms with E-state index in [-0.39, 0.29) is 11.5 Å². The number of nitriles is 1. The zero-order valence-corrected chi connectivity index (χ0v) is 13.1. The smallest absolute Gasteiger partial charge is 0.201 e. The van der Waals surface area contributed by atoms with Crippen LogP contribution < -0.4 is 11.2 Å². The fourth-order valence-electron chi connectivity index (χ4n) is 1.98. The highest BCUT2D eigenvalue weighted by Crippen LogP contribution is 2.31. The number of hydrogen-bond acceptors (Lipinski definition) is 6. The predicted octanol–water partition coefficient (Wildman–Crippen LogP) is 3.33. The minimum atomic E-state index is -0.400. The van der Waals surface area contributed by atoms with Crippen LogP contribution in [0.1, 0.15) is 0 Å². The van der Waals surface area contributed by atoms with Crippen molar-refractivity contribution in [3.05, 3.63) is 48.3 Å². The third kappa shape index (κ3) is 3.21. The van der Waals surface area contributed by atoms with Gasteiger partial charge in [-0.05, 0) is 42.5 Å². The van der Waals surface area contributed by atoms with E-state index in [1.165, 1.54) is 23.5 Å². The number of anilines is 1. The van der Waals surface area contributed by atoms with Gasteiger partial charge in [0.05, 0.1) is 15.9 Å². The Bertz CT molecular complexity index is 984. The first kappa shape index (κ1) is 15.6. The van der Waals surface area contributed by atoms with Crippen molar-refractivity contribution in [2.75, 3.05) is 5.43 Å². The summed E-state index contributed by atoms with van der Waals surface area (Å²) in [4.78, 5) is 4.48. The first-order valence-electron chi connectivity index (χ1n) is 6.81. The number of nitrogens with one attached hydrogen (secondary N) is 2. The molecule has 0 aliphatic carbocycles. The monoisotopic (exact) mass is 338 g/mol. The van der Waals surface area contributed by atoms with E-state index in [1.54, 1.807) is 24.3 Å². The molecule has 0 bridgehead atoms. The summed E-state index contributed by atoms with van der Waals surface area (Å²) in [6.07, 6.45) is 0. The number of nitrogens with zero attached hydrogens (tertiary/aromatic N) is 3. The van der Waals surface area contributed by atoms with Crippen LogP contribution in [-0.2, 0) is 0 Å². The summed E-state index contributed by atoms with van der Waals surface area (Å²) in [5.41, 5.74) is 9.97. The number of thiazole rings is 1. The van der Waals surface area contributed by atoms with Crippen molar-refractivity contribution in [2.45, 2.75) is 0 Å². The number of hydrazone groups is 1. The summed E-state index contributed by atoms with van der Waals surface area (Å²) >= 11 is 1.41. The molecule has 1 aromatic heterocycles. The molecule has 2 aromatic carbocycles. The van der Waals surface area contributed by atoms with Crippen LogP contribution in [0, 0.1) is 22.6 Å². The summed E-state index contributed by atoms with van der Waals surface area (Å²) in [6, 6.07) is 13.4. The molecule has 0 saturated heterocycles. The molecule has 3 rings (SSSR count). The van der Waals surface area contributed by atoms with Gasteiger partial charge in [0.15, 0.2) is 5.84 Å². The van der Waals surface area contributed by atoms with Crippen molar-refractivity contribution in [2.24, 2.45) is 10.8 Å². The number of halogens is 1. The third-order valence-corrected chi connectivity index (χ3v) is 4.21. The summed E-state index contributed by atoms with van der Waals surface area (Å²) in [5.74, 6) is -0.683. The molecule has 0 fully saturated rings. The van der Waals surface area contributed by atoms with E-state index in [9.17, 15) is 4.39 Å². The van der Waals surface area contributed by atoms with E-state index >= 15 is 0 Å². The van der Waals surface area contributed by atoms with Gasteiger partial charge in [0.2, 0.25) is 5.71 Å². The Morgan fingerprint density at radius 3 is 2.71 bits per heavy atom. The van der Waals surface area contributed by atoms with E-state index in [2.05, 4.69) is 15.5 Å². The highest BCUT2D eigenvalue weighted by molar-refractivity contribution is 7.21. The standard InChI is InChI=1S/C16H11FN6S/c17-10-3-6-12-14(7-10)24-16(21-12)9-1-4-11(5-2-9)22-23-13(8-18)15(19)20/h1-7,22H,(H3,19,20)/b23-13+. The molecule has 0 radical (unpaired) electrons. The Hall–Kier alpha value is -3.31. The fourth-order valence-corrected chi connectivity index (χ4v) is 2.97. The molecule has 0 atom stereocenters. The van der Waals surface area contributed by atoms with Crippen molar-refractivity contribution in [1.29, 1.82) is 10.7 Å². The van der Waals surface area contributed by atoms with Gasteiger partial charge in [-0.2, -0.15) is 10.4 Å². The lowest BCUT2D eigenvalue weighted by atomic mass is 10.2. The minimum Gasteiger partial charge on any atom is -0.382 e. The van der Waals surface area contributed by atoms with Crippen molar-refractivity contribution in [3.8, 4) is 16.6 Å². The fraction of sp³-hybridized carbons (Fsp3) is 0. The SMILES string of the molecule is N#C/C(=N\Nc1ccc(-c2nc3ccc(F)cc3s2)cc1)C(=N)N. The molecule has 6 nitrogen and oxygen atoms in total. The molecular weight excluding hydrogens is 327 g/mol. The second kappa shape index (κ2) is 6.44. The zero-order valence-electron chi connectivity index (χ0n) is 12.2. The van der Waals surface area contributed by atoms with Crippen LogP contribution in [0.2, 0.25) is 0 Å². The Kier molecular flexibility index (Phi) is 4.18. The van der Waals surface area contributed by atoms with E-state index in [4.69, 9.17) is 16.4 Å². The number of hydrogen-bond donors (Lipinski definition) is 3. The summed E-state index contributed by atoms with van der Waals surface area (Å²) in [7, 11) is 0. The Balaban J connectivity index is 1.83. The maximum atomic E-state index is 13.2. The van der Waals surface area contributed by atoms with Crippen LogP contribution in [0.5, 0.6) is 0 Å². The zero-order chi connectivity index (χ0) is 17.1. The summed E-state index contributed by atoms with van der Waals surface area (Å²) in [6.45, 7) is 0. The maximum Gasteiger partial charge on any atom is 0.201 e. The van der Waals surface area contributed by atoms with Crippen LogP contribution in [0.3, 0.4) is 0 Å². The molecular formula is C16H11FN6S. The van der Waals surface area contributed by atoms with Gasteiger partial charge in [0.1, 0.15) is 16.9 Å². The normalized spacial score (nSPS) is 11.2. The second-order valence-electron chi connectivity index (χ2n) is 4.81. The first-order chi connectivity index (χ1) is 11.6. The van der Waals surface area contributed by atoms with E-state index in [1.807, 2.05) is 12.1 Å². The Morgan fingerprint density at radius 2 is 2.04 bits per heavy atom. The highest BCUT2D eigenvalue weighted by atomic mass is 32.1. The molecule has 0 aliphatic rings. The molecule has 8 heteroatoms.